The van der Waals surface area contributed by atoms with Gasteiger partial charge in [-0.1, -0.05) is 6.92 Å². The number of nitrogens with zero attached hydrogens (tertiary/aromatic N) is 3. The molecule has 0 aliphatic rings. The molecule has 7 heteroatoms. The average molecular weight is 294 g/mol. The van der Waals surface area contributed by atoms with Crippen LogP contribution in [0.1, 0.15) is 39.9 Å². The van der Waals surface area contributed by atoms with Gasteiger partial charge in [-0.2, -0.15) is 0 Å². The summed E-state index contributed by atoms with van der Waals surface area (Å²) in [5.41, 5.74) is 2.55. The van der Waals surface area contributed by atoms with Crippen molar-refractivity contribution in [1.82, 2.24) is 15.3 Å². The topological polar surface area (TPSA) is 96.2 Å². The van der Waals surface area contributed by atoms with Gasteiger partial charge in [-0.3, -0.25) is 4.79 Å². The molecule has 1 rings (SSSR count). The highest BCUT2D eigenvalue weighted by molar-refractivity contribution is 5.81. The van der Waals surface area contributed by atoms with Gasteiger partial charge < -0.3 is 15.6 Å². The zero-order chi connectivity index (χ0) is 15.8. The van der Waals surface area contributed by atoms with Gasteiger partial charge in [0.25, 0.3) is 0 Å². The molecule has 1 heterocycles. The van der Waals surface area contributed by atoms with E-state index < -0.39 is 0 Å². The zero-order valence-electron chi connectivity index (χ0n) is 13.3. The van der Waals surface area contributed by atoms with Gasteiger partial charge in [0.1, 0.15) is 17.5 Å². The van der Waals surface area contributed by atoms with Crippen molar-refractivity contribution in [1.29, 1.82) is 0 Å². The summed E-state index contributed by atoms with van der Waals surface area (Å²) in [6, 6.07) is 1.88. The van der Waals surface area contributed by atoms with Crippen LogP contribution in [0, 0.1) is 0 Å². The molecule has 0 atom stereocenters. The first kappa shape index (κ1) is 17.2. The lowest BCUT2D eigenvalue weighted by atomic mass is 10.3. The summed E-state index contributed by atoms with van der Waals surface area (Å²) in [6.07, 6.45) is 1.73. The van der Waals surface area contributed by atoms with E-state index in [-0.39, 0.29) is 18.5 Å². The first-order valence-electron chi connectivity index (χ1n) is 7.39. The van der Waals surface area contributed by atoms with Crippen LogP contribution in [0.2, 0.25) is 0 Å². The molecule has 7 nitrogen and oxygen atoms in total. The number of hydrogen-bond acceptors (Lipinski definition) is 6. The lowest BCUT2D eigenvalue weighted by molar-refractivity contribution is -0.120. The molecule has 0 bridgehead atoms. The van der Waals surface area contributed by atoms with Crippen molar-refractivity contribution in [3.05, 3.63) is 11.9 Å². The Labute approximate surface area is 126 Å². The minimum atomic E-state index is -0.0234. The highest BCUT2D eigenvalue weighted by Crippen LogP contribution is 2.16. The lowest BCUT2D eigenvalue weighted by Gasteiger charge is -2.23. The molecule has 0 spiro atoms. The second kappa shape index (κ2) is 8.41. The zero-order valence-corrected chi connectivity index (χ0v) is 13.3. The molecule has 21 heavy (non-hydrogen) atoms. The molecule has 1 aromatic rings. The minimum absolute atomic E-state index is 0.0234. The molecule has 0 unspecified atom stereocenters. The van der Waals surface area contributed by atoms with Gasteiger partial charge in [-0.25, -0.2) is 15.8 Å². The standard InChI is InChI=1S/C14H26N6O/c1-5-7-11-17-12(19-15)8-13(18-11)20(6-2)9-14(21)16-10(3)4/h8,10H,5-7,9,15H2,1-4H3,(H,16,21)(H,17,18,19). The number of aryl methyl sites for hydroxylation is 1. The van der Waals surface area contributed by atoms with Crippen LogP contribution in [0.3, 0.4) is 0 Å². The first-order valence-corrected chi connectivity index (χ1v) is 7.39. The van der Waals surface area contributed by atoms with Crippen LogP contribution in [0.4, 0.5) is 11.6 Å². The highest BCUT2D eigenvalue weighted by Gasteiger charge is 2.14. The van der Waals surface area contributed by atoms with Gasteiger partial charge in [0.2, 0.25) is 5.91 Å². The smallest absolute Gasteiger partial charge is 0.239 e. The maximum absolute atomic E-state index is 11.9. The SMILES string of the molecule is CCCc1nc(NN)cc(N(CC)CC(=O)NC(C)C)n1. The Hall–Kier alpha value is -1.89. The number of nitrogens with two attached hydrogens (primary N) is 1. The fourth-order valence-electron chi connectivity index (χ4n) is 1.95. The predicted molar refractivity (Wildman–Crippen MR) is 85.0 cm³/mol. The number of hydrazine groups is 1. The van der Waals surface area contributed by atoms with Crippen molar-refractivity contribution in [2.24, 2.45) is 5.84 Å². The monoisotopic (exact) mass is 294 g/mol. The number of carbonyl (C=O) groups excluding carboxylic acids is 1. The van der Waals surface area contributed by atoms with Crippen molar-refractivity contribution < 1.29 is 4.79 Å². The van der Waals surface area contributed by atoms with Crippen molar-refractivity contribution in [2.45, 2.75) is 46.6 Å². The molecule has 118 valence electrons. The van der Waals surface area contributed by atoms with E-state index in [0.717, 1.165) is 18.7 Å². The molecular formula is C14H26N6O. The summed E-state index contributed by atoms with van der Waals surface area (Å²) in [5, 5.41) is 2.88. The maximum atomic E-state index is 11.9. The van der Waals surface area contributed by atoms with Crippen molar-refractivity contribution in [3.8, 4) is 0 Å². The van der Waals surface area contributed by atoms with Crippen LogP contribution in [-0.4, -0.2) is 35.0 Å². The van der Waals surface area contributed by atoms with Gasteiger partial charge in [-0.05, 0) is 27.2 Å². The van der Waals surface area contributed by atoms with Crippen molar-refractivity contribution >= 4 is 17.5 Å². The Morgan fingerprint density at radius 2 is 2.10 bits per heavy atom. The van der Waals surface area contributed by atoms with E-state index in [1.807, 2.05) is 25.7 Å². The summed E-state index contributed by atoms with van der Waals surface area (Å²) in [4.78, 5) is 22.7. The third kappa shape index (κ3) is 5.55. The van der Waals surface area contributed by atoms with Crippen LogP contribution >= 0.6 is 0 Å². The highest BCUT2D eigenvalue weighted by atomic mass is 16.2. The number of nitrogens with one attached hydrogen (secondary N) is 2. The summed E-state index contributed by atoms with van der Waals surface area (Å²) in [7, 11) is 0. The van der Waals surface area contributed by atoms with E-state index >= 15 is 0 Å². The molecule has 0 aliphatic heterocycles. The number of amides is 1. The molecule has 1 aromatic heterocycles. The van der Waals surface area contributed by atoms with Gasteiger partial charge in [-0.15, -0.1) is 0 Å². The van der Waals surface area contributed by atoms with Crippen LogP contribution in [0.15, 0.2) is 6.07 Å². The minimum Gasteiger partial charge on any atom is -0.352 e. The Morgan fingerprint density at radius 3 is 2.62 bits per heavy atom. The largest absolute Gasteiger partial charge is 0.352 e. The Kier molecular flexibility index (Phi) is 6.87. The Bertz CT molecular complexity index is 463. The van der Waals surface area contributed by atoms with Crippen molar-refractivity contribution in [3.63, 3.8) is 0 Å². The molecule has 1 amide bonds. The molecular weight excluding hydrogens is 268 g/mol. The van der Waals surface area contributed by atoms with E-state index in [4.69, 9.17) is 5.84 Å². The molecule has 0 saturated heterocycles. The number of likely N-dealkylation sites (N-methyl/N-ethyl adjacent to an activating group) is 1. The normalized spacial score (nSPS) is 10.6. The molecule has 0 fully saturated rings. The number of aromatic nitrogens is 2. The maximum Gasteiger partial charge on any atom is 0.239 e. The summed E-state index contributed by atoms with van der Waals surface area (Å²) in [5.74, 6) is 7.43. The van der Waals surface area contributed by atoms with Gasteiger partial charge >= 0.3 is 0 Å². The van der Waals surface area contributed by atoms with E-state index in [2.05, 4.69) is 27.6 Å². The number of rotatable bonds is 8. The summed E-state index contributed by atoms with van der Waals surface area (Å²) < 4.78 is 0. The third-order valence-corrected chi connectivity index (χ3v) is 2.87. The first-order chi connectivity index (χ1) is 9.99. The molecule has 0 saturated carbocycles. The summed E-state index contributed by atoms with van der Waals surface area (Å²) >= 11 is 0. The second-order valence-electron chi connectivity index (χ2n) is 5.16. The number of anilines is 2. The van der Waals surface area contributed by atoms with E-state index in [0.29, 0.717) is 18.2 Å². The molecule has 4 N–H and O–H groups in total. The van der Waals surface area contributed by atoms with Crippen LogP contribution in [0.25, 0.3) is 0 Å². The van der Waals surface area contributed by atoms with E-state index in [1.54, 1.807) is 6.07 Å². The Morgan fingerprint density at radius 1 is 1.38 bits per heavy atom. The van der Waals surface area contributed by atoms with Crippen LogP contribution in [-0.2, 0) is 11.2 Å². The second-order valence-corrected chi connectivity index (χ2v) is 5.16. The molecule has 0 radical (unpaired) electrons. The van der Waals surface area contributed by atoms with Crippen molar-refractivity contribution in [2.75, 3.05) is 23.4 Å². The van der Waals surface area contributed by atoms with Crippen LogP contribution in [0.5, 0.6) is 0 Å². The molecule has 0 aliphatic carbocycles. The van der Waals surface area contributed by atoms with Gasteiger partial charge in [0.15, 0.2) is 0 Å². The summed E-state index contributed by atoms with van der Waals surface area (Å²) in [6.45, 7) is 8.88. The Balaban J connectivity index is 2.93. The lowest BCUT2D eigenvalue weighted by Crippen LogP contribution is -2.40. The van der Waals surface area contributed by atoms with Crippen LogP contribution < -0.4 is 21.5 Å². The van der Waals surface area contributed by atoms with Gasteiger partial charge in [0, 0.05) is 25.1 Å². The fourth-order valence-corrected chi connectivity index (χ4v) is 1.95. The average Bonchev–Trinajstić information content (AvgIpc) is 2.43. The van der Waals surface area contributed by atoms with Gasteiger partial charge in [0.05, 0.1) is 6.54 Å². The third-order valence-electron chi connectivity index (χ3n) is 2.87. The fraction of sp³-hybridized carbons (Fsp3) is 0.643. The quantitative estimate of drug-likeness (QED) is 0.490. The number of nitrogen functional groups attached to an aromatic ring is 1. The number of carbonyl (C=O) groups is 1. The molecule has 0 aromatic carbocycles. The van der Waals surface area contributed by atoms with E-state index in [1.165, 1.54) is 0 Å². The van der Waals surface area contributed by atoms with E-state index in [9.17, 15) is 4.79 Å². The number of hydrogen-bond donors (Lipinski definition) is 3. The predicted octanol–water partition coefficient (Wildman–Crippen LogP) is 1.07.